The predicted octanol–water partition coefficient (Wildman–Crippen LogP) is 1.83. The second kappa shape index (κ2) is 7.55. The van der Waals surface area contributed by atoms with Crippen LogP contribution < -0.4 is 10.4 Å². The number of carbonyl (C=O) groups is 3. The molecule has 136 valence electrons. The van der Waals surface area contributed by atoms with Gasteiger partial charge in [-0.3, -0.25) is 9.59 Å². The Kier molecular flexibility index (Phi) is 5.66. The molecule has 0 aromatic heterocycles. The van der Waals surface area contributed by atoms with E-state index in [1.54, 1.807) is 14.1 Å². The molecule has 2 rings (SSSR count). The molecule has 0 heterocycles. The summed E-state index contributed by atoms with van der Waals surface area (Å²) in [4.78, 5) is 37.1. The molecule has 1 aliphatic carbocycles. The zero-order valence-corrected chi connectivity index (χ0v) is 14.5. The number of aromatic carboxylic acids is 1. The monoisotopic (exact) mass is 347 g/mol. The first-order chi connectivity index (χ1) is 11.7. The number of carboxylic acid groups (broad SMARTS) is 1. The number of hydrogen-bond donors (Lipinski definition) is 2. The van der Waals surface area contributed by atoms with E-state index < -0.39 is 11.7 Å². The van der Waals surface area contributed by atoms with Crippen LogP contribution in [0.3, 0.4) is 0 Å². The lowest BCUT2D eigenvalue weighted by atomic mass is 9.78. The average molecular weight is 347 g/mol. The van der Waals surface area contributed by atoms with Crippen LogP contribution in [0.1, 0.15) is 48.9 Å². The minimum absolute atomic E-state index is 0.00132. The quantitative estimate of drug-likeness (QED) is 0.816. The van der Waals surface area contributed by atoms with Crippen molar-refractivity contribution in [1.82, 2.24) is 4.90 Å². The average Bonchev–Trinajstić information content (AvgIpc) is 2.96. The Balaban J connectivity index is 2.08. The molecule has 1 aliphatic rings. The van der Waals surface area contributed by atoms with E-state index in [4.69, 9.17) is 5.11 Å². The first kappa shape index (κ1) is 18.8. The predicted molar refractivity (Wildman–Crippen MR) is 90.3 cm³/mol. The third kappa shape index (κ3) is 4.71. The van der Waals surface area contributed by atoms with E-state index in [0.717, 1.165) is 37.8 Å². The van der Waals surface area contributed by atoms with Crippen molar-refractivity contribution < 1.29 is 24.6 Å². The number of anilines is 1. The SMILES string of the molecule is CN(C)C(=O)CC1(CC(=O)Nc2ccc([O-])c(C(=O)O)c2)CCCC1. The van der Waals surface area contributed by atoms with Crippen molar-refractivity contribution in [2.24, 2.45) is 5.41 Å². The maximum absolute atomic E-state index is 12.4. The van der Waals surface area contributed by atoms with E-state index in [-0.39, 0.29) is 34.9 Å². The molecule has 1 fully saturated rings. The topological polar surface area (TPSA) is 110 Å². The van der Waals surface area contributed by atoms with Crippen LogP contribution in [-0.4, -0.2) is 41.9 Å². The highest BCUT2D eigenvalue weighted by atomic mass is 16.4. The molecule has 0 saturated heterocycles. The smallest absolute Gasteiger partial charge is 0.335 e. The molecule has 1 saturated carbocycles. The highest BCUT2D eigenvalue weighted by Crippen LogP contribution is 2.44. The maximum atomic E-state index is 12.4. The van der Waals surface area contributed by atoms with Gasteiger partial charge in [0.15, 0.2) is 0 Å². The van der Waals surface area contributed by atoms with Gasteiger partial charge < -0.3 is 20.4 Å². The molecule has 0 spiro atoms. The summed E-state index contributed by atoms with van der Waals surface area (Å²) in [7, 11) is 3.39. The van der Waals surface area contributed by atoms with Crippen LogP contribution in [0.4, 0.5) is 5.69 Å². The number of carboxylic acids is 1. The van der Waals surface area contributed by atoms with Crippen LogP contribution in [0.2, 0.25) is 0 Å². The Morgan fingerprint density at radius 2 is 1.84 bits per heavy atom. The van der Waals surface area contributed by atoms with Gasteiger partial charge in [0.25, 0.3) is 0 Å². The number of rotatable bonds is 6. The van der Waals surface area contributed by atoms with Gasteiger partial charge in [-0.2, -0.15) is 0 Å². The summed E-state index contributed by atoms with van der Waals surface area (Å²) >= 11 is 0. The zero-order chi connectivity index (χ0) is 18.6. The van der Waals surface area contributed by atoms with Crippen LogP contribution in [0.5, 0.6) is 5.75 Å². The fourth-order valence-electron chi connectivity index (χ4n) is 3.34. The third-order valence-electron chi connectivity index (χ3n) is 4.72. The minimum Gasteiger partial charge on any atom is -0.872 e. The first-order valence-electron chi connectivity index (χ1n) is 8.27. The van der Waals surface area contributed by atoms with Crippen molar-refractivity contribution in [3.8, 4) is 5.75 Å². The molecule has 1 aromatic carbocycles. The van der Waals surface area contributed by atoms with Crippen LogP contribution in [0.15, 0.2) is 18.2 Å². The lowest BCUT2D eigenvalue weighted by Crippen LogP contribution is -2.32. The van der Waals surface area contributed by atoms with E-state index in [2.05, 4.69) is 5.32 Å². The molecule has 0 atom stereocenters. The van der Waals surface area contributed by atoms with Crippen molar-refractivity contribution in [3.05, 3.63) is 23.8 Å². The van der Waals surface area contributed by atoms with Gasteiger partial charge >= 0.3 is 5.97 Å². The second-order valence-electron chi connectivity index (χ2n) is 6.91. The van der Waals surface area contributed by atoms with Gasteiger partial charge in [-0.25, -0.2) is 4.79 Å². The molecule has 0 unspecified atom stereocenters. The van der Waals surface area contributed by atoms with Crippen LogP contribution in [0.25, 0.3) is 0 Å². The van der Waals surface area contributed by atoms with E-state index in [9.17, 15) is 19.5 Å². The molecule has 7 nitrogen and oxygen atoms in total. The first-order valence-corrected chi connectivity index (χ1v) is 8.27. The van der Waals surface area contributed by atoms with Crippen molar-refractivity contribution >= 4 is 23.5 Å². The van der Waals surface area contributed by atoms with Crippen molar-refractivity contribution in [3.63, 3.8) is 0 Å². The molecular formula is C18H23N2O5-. The molecule has 2 amide bonds. The molecular weight excluding hydrogens is 324 g/mol. The number of hydrogen-bond acceptors (Lipinski definition) is 4. The van der Waals surface area contributed by atoms with E-state index in [0.29, 0.717) is 6.42 Å². The van der Waals surface area contributed by atoms with Gasteiger partial charge in [-0.05, 0) is 30.4 Å². The van der Waals surface area contributed by atoms with E-state index >= 15 is 0 Å². The van der Waals surface area contributed by atoms with Crippen LogP contribution in [-0.2, 0) is 9.59 Å². The lowest BCUT2D eigenvalue weighted by Gasteiger charge is -2.29. The second-order valence-corrected chi connectivity index (χ2v) is 6.91. The van der Waals surface area contributed by atoms with E-state index in [1.165, 1.54) is 11.0 Å². The van der Waals surface area contributed by atoms with Gasteiger partial charge in [-0.1, -0.05) is 24.7 Å². The molecule has 7 heteroatoms. The summed E-state index contributed by atoms with van der Waals surface area (Å²) in [5.74, 6) is -2.21. The fraction of sp³-hybridized carbons (Fsp3) is 0.500. The summed E-state index contributed by atoms with van der Waals surface area (Å²) in [5, 5.41) is 23.1. The minimum atomic E-state index is -1.33. The van der Waals surface area contributed by atoms with Crippen molar-refractivity contribution in [2.45, 2.75) is 38.5 Å². The van der Waals surface area contributed by atoms with Crippen molar-refractivity contribution in [2.75, 3.05) is 19.4 Å². The Labute approximate surface area is 146 Å². The van der Waals surface area contributed by atoms with Gasteiger partial charge in [0.2, 0.25) is 11.8 Å². The Bertz CT molecular complexity index is 678. The summed E-state index contributed by atoms with van der Waals surface area (Å²) in [6.45, 7) is 0. The molecule has 25 heavy (non-hydrogen) atoms. The molecule has 0 bridgehead atoms. The number of benzene rings is 1. The third-order valence-corrected chi connectivity index (χ3v) is 4.72. The van der Waals surface area contributed by atoms with Gasteiger partial charge in [-0.15, -0.1) is 0 Å². The summed E-state index contributed by atoms with van der Waals surface area (Å²) in [5.41, 5.74) is -0.454. The number of carbonyl (C=O) groups excluding carboxylic acids is 2. The molecule has 2 N–H and O–H groups in total. The highest BCUT2D eigenvalue weighted by Gasteiger charge is 2.38. The van der Waals surface area contributed by atoms with Crippen LogP contribution >= 0.6 is 0 Å². The lowest BCUT2D eigenvalue weighted by molar-refractivity contribution is -0.268. The number of nitrogens with one attached hydrogen (secondary N) is 1. The molecule has 0 radical (unpaired) electrons. The number of nitrogens with zero attached hydrogens (tertiary/aromatic N) is 1. The van der Waals surface area contributed by atoms with Gasteiger partial charge in [0.1, 0.15) is 0 Å². The largest absolute Gasteiger partial charge is 0.872 e. The van der Waals surface area contributed by atoms with Crippen molar-refractivity contribution in [1.29, 1.82) is 0 Å². The normalized spacial score (nSPS) is 15.6. The Morgan fingerprint density at radius 3 is 2.40 bits per heavy atom. The highest BCUT2D eigenvalue weighted by molar-refractivity contribution is 5.95. The summed E-state index contributed by atoms with van der Waals surface area (Å²) < 4.78 is 0. The van der Waals surface area contributed by atoms with Gasteiger partial charge in [0.05, 0.1) is 5.56 Å². The molecule has 1 aromatic rings. The standard InChI is InChI=1S/C18H24N2O5/c1-20(2)16(23)11-18(7-3-4-8-18)10-15(22)19-12-5-6-14(21)13(9-12)17(24)25/h5-6,9,21H,3-4,7-8,10-11H2,1-2H3,(H,19,22)(H,24,25)/p-1. The summed E-state index contributed by atoms with van der Waals surface area (Å²) in [6, 6.07) is 3.67. The maximum Gasteiger partial charge on any atom is 0.335 e. The number of amides is 2. The van der Waals surface area contributed by atoms with E-state index in [1.807, 2.05) is 0 Å². The summed E-state index contributed by atoms with van der Waals surface area (Å²) in [6.07, 6.45) is 4.14. The fourth-order valence-corrected chi connectivity index (χ4v) is 3.34. The molecule has 0 aliphatic heterocycles. The van der Waals surface area contributed by atoms with Gasteiger partial charge in [0, 0.05) is 32.6 Å². The Morgan fingerprint density at radius 1 is 1.20 bits per heavy atom. The van der Waals surface area contributed by atoms with Crippen LogP contribution in [0, 0.1) is 5.41 Å². The zero-order valence-electron chi connectivity index (χ0n) is 14.5. The Hall–Kier alpha value is -2.57.